The number of carbonyl (C=O) groups is 1. The van der Waals surface area contributed by atoms with E-state index in [-0.39, 0.29) is 11.6 Å². The van der Waals surface area contributed by atoms with E-state index in [1.54, 1.807) is 12.1 Å². The Labute approximate surface area is 168 Å². The average Bonchev–Trinajstić information content (AvgIpc) is 3.22. The summed E-state index contributed by atoms with van der Waals surface area (Å²) in [6, 6.07) is 14.8. The lowest BCUT2D eigenvalue weighted by atomic mass is 10.2. The zero-order valence-corrected chi connectivity index (χ0v) is 16.2. The summed E-state index contributed by atoms with van der Waals surface area (Å²) in [5.41, 5.74) is 2.50. The summed E-state index contributed by atoms with van der Waals surface area (Å²) in [6.45, 7) is 3.66. The Hall–Kier alpha value is -2.70. The van der Waals surface area contributed by atoms with Crippen molar-refractivity contribution < 1.29 is 4.79 Å². The molecule has 0 aliphatic carbocycles. The van der Waals surface area contributed by atoms with Crippen LogP contribution in [0.5, 0.6) is 0 Å². The first-order valence-corrected chi connectivity index (χ1v) is 9.87. The minimum atomic E-state index is -0.228. The first-order valence-electron chi connectivity index (χ1n) is 9.49. The van der Waals surface area contributed by atoms with Crippen molar-refractivity contribution in [2.24, 2.45) is 0 Å². The van der Waals surface area contributed by atoms with Crippen LogP contribution in [0.1, 0.15) is 23.3 Å². The van der Waals surface area contributed by atoms with Gasteiger partial charge in [-0.15, -0.1) is 0 Å². The monoisotopic (exact) mass is 395 g/mol. The quantitative estimate of drug-likeness (QED) is 0.663. The van der Waals surface area contributed by atoms with E-state index in [0.29, 0.717) is 22.9 Å². The first-order chi connectivity index (χ1) is 13.7. The van der Waals surface area contributed by atoms with E-state index in [1.807, 2.05) is 36.4 Å². The van der Waals surface area contributed by atoms with Gasteiger partial charge in [-0.3, -0.25) is 4.79 Å². The molecule has 2 aromatic carbocycles. The number of aromatic nitrogens is 2. The molecule has 1 amide bonds. The Kier molecular flexibility index (Phi) is 5.69. The maximum atomic E-state index is 12.8. The number of anilines is 2. The number of amides is 1. The fourth-order valence-electron chi connectivity index (χ4n) is 3.33. The molecule has 1 aliphatic heterocycles. The van der Waals surface area contributed by atoms with Gasteiger partial charge in [-0.1, -0.05) is 23.7 Å². The lowest BCUT2D eigenvalue weighted by molar-refractivity contribution is 0.0946. The van der Waals surface area contributed by atoms with E-state index in [9.17, 15) is 4.79 Å². The van der Waals surface area contributed by atoms with Gasteiger partial charge >= 0.3 is 0 Å². The van der Waals surface area contributed by atoms with Gasteiger partial charge in [-0.25, -0.2) is 9.97 Å². The number of hydrogen-bond acceptors (Lipinski definition) is 5. The van der Waals surface area contributed by atoms with Crippen molar-refractivity contribution >= 4 is 40.0 Å². The minimum absolute atomic E-state index is 0.228. The van der Waals surface area contributed by atoms with Crippen LogP contribution in [0.15, 0.2) is 48.5 Å². The predicted molar refractivity (Wildman–Crippen MR) is 112 cm³/mol. The highest BCUT2D eigenvalue weighted by Gasteiger charge is 2.18. The van der Waals surface area contributed by atoms with Gasteiger partial charge in [0.25, 0.3) is 5.91 Å². The second-order valence-electron chi connectivity index (χ2n) is 6.85. The van der Waals surface area contributed by atoms with E-state index in [4.69, 9.17) is 11.6 Å². The van der Waals surface area contributed by atoms with Crippen LogP contribution in [-0.4, -0.2) is 47.0 Å². The van der Waals surface area contributed by atoms with E-state index in [1.165, 1.54) is 12.8 Å². The molecule has 6 nitrogen and oxygen atoms in total. The number of nitrogens with one attached hydrogen (secondary N) is 2. The highest BCUT2D eigenvalue weighted by Crippen LogP contribution is 2.22. The van der Waals surface area contributed by atoms with Crippen LogP contribution in [0.2, 0.25) is 5.02 Å². The molecule has 1 aliphatic rings. The third-order valence-corrected chi connectivity index (χ3v) is 5.06. The average molecular weight is 396 g/mol. The molecular formula is C21H22ClN5O. The van der Waals surface area contributed by atoms with Gasteiger partial charge in [0.1, 0.15) is 0 Å². The molecule has 7 heteroatoms. The van der Waals surface area contributed by atoms with Crippen LogP contribution in [0.4, 0.5) is 11.5 Å². The molecule has 0 spiro atoms. The number of rotatable bonds is 6. The molecular weight excluding hydrogens is 374 g/mol. The smallest absolute Gasteiger partial charge is 0.273 e. The molecule has 0 saturated carbocycles. The Morgan fingerprint density at radius 3 is 2.39 bits per heavy atom. The summed E-state index contributed by atoms with van der Waals surface area (Å²) in [5.74, 6) is 0.202. The zero-order chi connectivity index (χ0) is 19.3. The zero-order valence-electron chi connectivity index (χ0n) is 15.5. The molecule has 3 aromatic rings. The van der Waals surface area contributed by atoms with Gasteiger partial charge in [0.05, 0.1) is 11.0 Å². The van der Waals surface area contributed by atoms with Crippen molar-refractivity contribution in [3.05, 3.63) is 59.2 Å². The molecule has 2 heterocycles. The molecule has 1 fully saturated rings. The molecule has 0 unspecified atom stereocenters. The largest absolute Gasteiger partial charge is 0.349 e. The summed E-state index contributed by atoms with van der Waals surface area (Å²) >= 11 is 5.96. The fraction of sp³-hybridized carbons (Fsp3) is 0.286. The number of nitrogens with zero attached hydrogens (tertiary/aromatic N) is 3. The van der Waals surface area contributed by atoms with Crippen LogP contribution in [0, 0.1) is 0 Å². The maximum Gasteiger partial charge on any atom is 0.273 e. The molecule has 144 valence electrons. The Balaban J connectivity index is 1.56. The van der Waals surface area contributed by atoms with E-state index < -0.39 is 0 Å². The number of likely N-dealkylation sites (tertiary alicyclic amines) is 1. The van der Waals surface area contributed by atoms with Gasteiger partial charge in [-0.05, 0) is 62.3 Å². The molecule has 1 saturated heterocycles. The predicted octanol–water partition coefficient (Wildman–Crippen LogP) is 3.85. The Bertz CT molecular complexity index is 970. The molecule has 1 aromatic heterocycles. The van der Waals surface area contributed by atoms with Crippen LogP contribution in [-0.2, 0) is 0 Å². The van der Waals surface area contributed by atoms with Crippen molar-refractivity contribution in [1.29, 1.82) is 0 Å². The van der Waals surface area contributed by atoms with Crippen LogP contribution in [0.25, 0.3) is 11.0 Å². The lowest BCUT2D eigenvalue weighted by Gasteiger charge is -2.15. The first kappa shape index (κ1) is 18.7. The third-order valence-electron chi connectivity index (χ3n) is 4.80. The van der Waals surface area contributed by atoms with E-state index in [2.05, 4.69) is 25.5 Å². The molecule has 4 rings (SSSR count). The summed E-state index contributed by atoms with van der Waals surface area (Å²) < 4.78 is 0. The maximum absolute atomic E-state index is 12.8. The number of carbonyl (C=O) groups excluding carboxylic acids is 1. The standard InChI is InChI=1S/C21H22ClN5O/c22-15-7-9-16(10-8-15)24-20-19(25-17-5-1-2-6-18(17)26-20)21(28)23-11-14-27-12-3-4-13-27/h1-2,5-10H,3-4,11-14H2,(H,23,28)(H,24,26). The second-order valence-corrected chi connectivity index (χ2v) is 7.28. The van der Waals surface area contributed by atoms with E-state index in [0.717, 1.165) is 30.8 Å². The highest BCUT2D eigenvalue weighted by atomic mass is 35.5. The molecule has 0 atom stereocenters. The summed E-state index contributed by atoms with van der Waals surface area (Å²) in [4.78, 5) is 24.4. The molecule has 0 radical (unpaired) electrons. The number of para-hydroxylation sites is 2. The number of fused-ring (bicyclic) bond motifs is 1. The number of halogens is 1. The van der Waals surface area contributed by atoms with Crippen molar-refractivity contribution in [1.82, 2.24) is 20.2 Å². The van der Waals surface area contributed by atoms with Gasteiger partial charge < -0.3 is 15.5 Å². The SMILES string of the molecule is O=C(NCCN1CCCC1)c1nc2ccccc2nc1Nc1ccc(Cl)cc1. The molecule has 0 bridgehead atoms. The van der Waals surface area contributed by atoms with Crippen LogP contribution in [0.3, 0.4) is 0 Å². The Morgan fingerprint density at radius 2 is 1.68 bits per heavy atom. The van der Waals surface area contributed by atoms with Crippen molar-refractivity contribution in [2.45, 2.75) is 12.8 Å². The van der Waals surface area contributed by atoms with Crippen LogP contribution < -0.4 is 10.6 Å². The highest BCUT2D eigenvalue weighted by molar-refractivity contribution is 6.30. The summed E-state index contributed by atoms with van der Waals surface area (Å²) in [6.07, 6.45) is 2.47. The summed E-state index contributed by atoms with van der Waals surface area (Å²) in [5, 5.41) is 6.83. The number of benzene rings is 2. The normalized spacial score (nSPS) is 14.3. The van der Waals surface area contributed by atoms with Gasteiger partial charge in [0.2, 0.25) is 0 Å². The van der Waals surface area contributed by atoms with Crippen molar-refractivity contribution in [3.8, 4) is 0 Å². The van der Waals surface area contributed by atoms with E-state index >= 15 is 0 Å². The molecule has 2 N–H and O–H groups in total. The number of hydrogen-bond donors (Lipinski definition) is 2. The van der Waals surface area contributed by atoms with Crippen molar-refractivity contribution in [2.75, 3.05) is 31.5 Å². The van der Waals surface area contributed by atoms with Crippen LogP contribution >= 0.6 is 11.6 Å². The lowest BCUT2D eigenvalue weighted by Crippen LogP contribution is -2.34. The topological polar surface area (TPSA) is 70.2 Å². The van der Waals surface area contributed by atoms with Gasteiger partial charge in [-0.2, -0.15) is 0 Å². The summed E-state index contributed by atoms with van der Waals surface area (Å²) in [7, 11) is 0. The Morgan fingerprint density at radius 1 is 1.00 bits per heavy atom. The third kappa shape index (κ3) is 4.40. The van der Waals surface area contributed by atoms with Gasteiger partial charge in [0.15, 0.2) is 11.5 Å². The minimum Gasteiger partial charge on any atom is -0.349 e. The van der Waals surface area contributed by atoms with Crippen molar-refractivity contribution in [3.63, 3.8) is 0 Å². The molecule has 28 heavy (non-hydrogen) atoms. The second kappa shape index (κ2) is 8.54. The van der Waals surface area contributed by atoms with Gasteiger partial charge in [0, 0.05) is 23.8 Å². The fourth-order valence-corrected chi connectivity index (χ4v) is 3.46.